The Balaban J connectivity index is 3.16. The molecule has 0 saturated carbocycles. The van der Waals surface area contributed by atoms with Crippen LogP contribution in [0.3, 0.4) is 0 Å². The molecule has 0 bridgehead atoms. The number of carbonyl (C=O) groups is 1. The van der Waals surface area contributed by atoms with Gasteiger partial charge < -0.3 is 4.74 Å². The van der Waals surface area contributed by atoms with Crippen molar-refractivity contribution in [2.75, 3.05) is 6.61 Å². The minimum absolute atomic E-state index is 0.0522. The number of rotatable bonds is 4. The van der Waals surface area contributed by atoms with Crippen molar-refractivity contribution in [3.63, 3.8) is 0 Å². The summed E-state index contributed by atoms with van der Waals surface area (Å²) in [4.78, 5) is 11.0. The van der Waals surface area contributed by atoms with Crippen molar-refractivity contribution in [1.29, 1.82) is 0 Å². The summed E-state index contributed by atoms with van der Waals surface area (Å²) in [7, 11) is 0. The van der Waals surface area contributed by atoms with Gasteiger partial charge in [-0.2, -0.15) is 0 Å². The van der Waals surface area contributed by atoms with Gasteiger partial charge in [-0.25, -0.2) is 0 Å². The molecule has 100 valence electrons. The molecule has 0 aromatic heterocycles. The van der Waals surface area contributed by atoms with Crippen LogP contribution in [0.4, 0.5) is 0 Å². The first-order chi connectivity index (χ1) is 8.25. The summed E-state index contributed by atoms with van der Waals surface area (Å²) >= 11 is 0. The highest BCUT2D eigenvalue weighted by atomic mass is 16.5. The van der Waals surface area contributed by atoms with Gasteiger partial charge in [0.1, 0.15) is 12.4 Å². The third-order valence-electron chi connectivity index (χ3n) is 3.02. The molecule has 0 aliphatic rings. The van der Waals surface area contributed by atoms with Crippen LogP contribution in [-0.2, 0) is 16.6 Å². The number of benzene rings is 1. The molecule has 0 aliphatic heterocycles. The maximum atomic E-state index is 11.0. The molecule has 1 aromatic carbocycles. The molecule has 2 heteroatoms. The number of hydrogen-bond donors (Lipinski definition) is 0. The maximum Gasteiger partial charge on any atom is 0.167 e. The Kier molecular flexibility index (Phi) is 4.55. The van der Waals surface area contributed by atoms with Gasteiger partial charge in [-0.3, -0.25) is 4.79 Å². The molecule has 0 atom stereocenters. The van der Waals surface area contributed by atoms with Crippen LogP contribution in [0.15, 0.2) is 12.1 Å². The second-order valence-corrected chi connectivity index (χ2v) is 5.88. The summed E-state index contributed by atoms with van der Waals surface area (Å²) in [5, 5.41) is 0. The van der Waals surface area contributed by atoms with Gasteiger partial charge in [0.2, 0.25) is 0 Å². The Bertz CT molecular complexity index is 439. The van der Waals surface area contributed by atoms with E-state index in [0.29, 0.717) is 0 Å². The molecule has 0 aliphatic carbocycles. The molecular formula is C16H24O2. The first-order valence-electron chi connectivity index (χ1n) is 6.52. The van der Waals surface area contributed by atoms with Gasteiger partial charge >= 0.3 is 0 Å². The Morgan fingerprint density at radius 2 is 1.89 bits per heavy atom. The van der Waals surface area contributed by atoms with Crippen LogP contribution in [0.2, 0.25) is 0 Å². The highest BCUT2D eigenvalue weighted by Crippen LogP contribution is 2.31. The number of ether oxygens (including phenoxy) is 1. The zero-order valence-electron chi connectivity index (χ0n) is 12.4. The highest BCUT2D eigenvalue weighted by Gasteiger charge is 2.17. The van der Waals surface area contributed by atoms with E-state index in [0.717, 1.165) is 17.7 Å². The van der Waals surface area contributed by atoms with Crippen LogP contribution in [0.5, 0.6) is 5.75 Å². The second-order valence-electron chi connectivity index (χ2n) is 5.88. The van der Waals surface area contributed by atoms with Crippen LogP contribution < -0.4 is 4.74 Å². The fourth-order valence-corrected chi connectivity index (χ4v) is 1.92. The molecule has 1 aromatic rings. The lowest BCUT2D eigenvalue weighted by Gasteiger charge is -2.23. The van der Waals surface area contributed by atoms with Crippen molar-refractivity contribution < 1.29 is 9.53 Å². The number of hydrogen-bond acceptors (Lipinski definition) is 2. The Hall–Kier alpha value is -1.31. The van der Waals surface area contributed by atoms with E-state index in [1.807, 2.05) is 6.92 Å². The van der Waals surface area contributed by atoms with Crippen molar-refractivity contribution >= 4 is 5.78 Å². The zero-order valence-corrected chi connectivity index (χ0v) is 12.4. The molecule has 2 nitrogen and oxygen atoms in total. The quantitative estimate of drug-likeness (QED) is 0.809. The summed E-state index contributed by atoms with van der Waals surface area (Å²) in [5.74, 6) is 0.928. The van der Waals surface area contributed by atoms with Crippen LogP contribution >= 0.6 is 0 Å². The molecule has 0 fully saturated rings. The van der Waals surface area contributed by atoms with Gasteiger partial charge in [0.05, 0.1) is 0 Å². The van der Waals surface area contributed by atoms with Crippen LogP contribution in [0.1, 0.15) is 51.3 Å². The Labute approximate surface area is 110 Å². The maximum absolute atomic E-state index is 11.0. The number of aryl methyl sites for hydroxylation is 2. The molecule has 0 N–H and O–H groups in total. The van der Waals surface area contributed by atoms with Crippen LogP contribution in [0, 0.1) is 6.92 Å². The van der Waals surface area contributed by atoms with Crippen molar-refractivity contribution in [2.24, 2.45) is 0 Å². The average molecular weight is 248 g/mol. The lowest BCUT2D eigenvalue weighted by Crippen LogP contribution is -2.14. The van der Waals surface area contributed by atoms with E-state index in [1.54, 1.807) is 6.92 Å². The number of Topliss-reactive ketones (excluding diaryl/α,β-unsaturated/α-hetero) is 1. The summed E-state index contributed by atoms with van der Waals surface area (Å²) in [6.07, 6.45) is 0.915. The normalized spacial score (nSPS) is 11.4. The van der Waals surface area contributed by atoms with Crippen LogP contribution in [0.25, 0.3) is 0 Å². The fraction of sp³-hybridized carbons (Fsp3) is 0.562. The first-order valence-corrected chi connectivity index (χ1v) is 6.52. The third-order valence-corrected chi connectivity index (χ3v) is 3.02. The smallest absolute Gasteiger partial charge is 0.167 e. The Morgan fingerprint density at radius 3 is 2.33 bits per heavy atom. The SMILES string of the molecule is CCc1cc(C(C)(C)C)cc(C)c1OCC(C)=O. The molecule has 18 heavy (non-hydrogen) atoms. The van der Waals surface area contributed by atoms with Gasteiger partial charge in [-0.1, -0.05) is 39.8 Å². The topological polar surface area (TPSA) is 26.3 Å². The van der Waals surface area contributed by atoms with E-state index in [9.17, 15) is 4.79 Å². The van der Waals surface area contributed by atoms with E-state index in [2.05, 4.69) is 39.8 Å². The third kappa shape index (κ3) is 3.59. The summed E-state index contributed by atoms with van der Waals surface area (Å²) in [6.45, 7) is 12.5. The molecule has 0 radical (unpaired) electrons. The van der Waals surface area contributed by atoms with Gasteiger partial charge in [0.15, 0.2) is 5.78 Å². The van der Waals surface area contributed by atoms with Crippen molar-refractivity contribution in [3.05, 3.63) is 28.8 Å². The van der Waals surface area contributed by atoms with Crippen molar-refractivity contribution in [3.8, 4) is 5.75 Å². The van der Waals surface area contributed by atoms with E-state index in [1.165, 1.54) is 11.1 Å². The monoisotopic (exact) mass is 248 g/mol. The van der Waals surface area contributed by atoms with E-state index >= 15 is 0 Å². The largest absolute Gasteiger partial charge is 0.485 e. The minimum Gasteiger partial charge on any atom is -0.485 e. The summed E-state index contributed by atoms with van der Waals surface area (Å²) < 4.78 is 5.64. The lowest BCUT2D eigenvalue weighted by molar-refractivity contribution is -0.118. The van der Waals surface area contributed by atoms with Crippen molar-refractivity contribution in [1.82, 2.24) is 0 Å². The summed E-state index contributed by atoms with van der Waals surface area (Å²) in [6, 6.07) is 4.36. The van der Waals surface area contributed by atoms with E-state index in [4.69, 9.17) is 4.74 Å². The van der Waals surface area contributed by atoms with Gasteiger partial charge in [0.25, 0.3) is 0 Å². The highest BCUT2D eigenvalue weighted by molar-refractivity contribution is 5.77. The molecular weight excluding hydrogens is 224 g/mol. The molecule has 0 saturated heterocycles. The van der Waals surface area contributed by atoms with Crippen molar-refractivity contribution in [2.45, 2.75) is 53.4 Å². The zero-order chi connectivity index (χ0) is 13.9. The molecule has 0 spiro atoms. The minimum atomic E-state index is 0.0522. The molecule has 0 heterocycles. The van der Waals surface area contributed by atoms with E-state index < -0.39 is 0 Å². The molecule has 0 unspecified atom stereocenters. The van der Waals surface area contributed by atoms with Crippen LogP contribution in [-0.4, -0.2) is 12.4 Å². The lowest BCUT2D eigenvalue weighted by atomic mass is 9.84. The van der Waals surface area contributed by atoms with E-state index in [-0.39, 0.29) is 17.8 Å². The number of ketones is 1. The molecule has 1 rings (SSSR count). The van der Waals surface area contributed by atoms with Gasteiger partial charge in [0, 0.05) is 0 Å². The fourth-order valence-electron chi connectivity index (χ4n) is 1.92. The van der Waals surface area contributed by atoms with Gasteiger partial charge in [-0.15, -0.1) is 0 Å². The predicted octanol–water partition coefficient (Wildman–Crippen LogP) is 3.82. The second kappa shape index (κ2) is 5.55. The standard InChI is InChI=1S/C16H24O2/c1-7-13-9-14(16(4,5)6)8-11(2)15(13)18-10-12(3)17/h8-9H,7,10H2,1-6H3. The number of carbonyl (C=O) groups excluding carboxylic acids is 1. The summed E-state index contributed by atoms with van der Waals surface area (Å²) in [5.41, 5.74) is 3.74. The first kappa shape index (κ1) is 14.7. The van der Waals surface area contributed by atoms with Gasteiger partial charge in [-0.05, 0) is 42.4 Å². The Morgan fingerprint density at radius 1 is 1.28 bits per heavy atom. The predicted molar refractivity (Wildman–Crippen MR) is 75.4 cm³/mol. The average Bonchev–Trinajstić information content (AvgIpc) is 2.24. The molecule has 0 amide bonds.